The third kappa shape index (κ3) is 2.65. The monoisotopic (exact) mass is 246 g/mol. The van der Waals surface area contributed by atoms with Gasteiger partial charge in [-0.2, -0.15) is 0 Å². The van der Waals surface area contributed by atoms with E-state index in [0.29, 0.717) is 5.82 Å². The predicted molar refractivity (Wildman–Crippen MR) is 67.1 cm³/mol. The summed E-state index contributed by atoms with van der Waals surface area (Å²) in [5.41, 5.74) is 1.67. The smallest absolute Gasteiger partial charge is 0.325 e. The summed E-state index contributed by atoms with van der Waals surface area (Å²) in [5.74, 6) is 0.309. The lowest BCUT2D eigenvalue weighted by Gasteiger charge is -2.15. The molecule has 18 heavy (non-hydrogen) atoms. The Labute approximate surface area is 105 Å². The minimum absolute atomic E-state index is 0.146. The first-order chi connectivity index (χ1) is 8.70. The molecule has 2 aromatic heterocycles. The minimum Gasteiger partial charge on any atom is -0.468 e. The fourth-order valence-electron chi connectivity index (χ4n) is 1.50. The zero-order valence-corrected chi connectivity index (χ0v) is 10.3. The van der Waals surface area contributed by atoms with Gasteiger partial charge in [0, 0.05) is 13.2 Å². The van der Waals surface area contributed by atoms with Crippen molar-refractivity contribution in [1.82, 2.24) is 15.2 Å². The molecule has 94 valence electrons. The largest absolute Gasteiger partial charge is 0.468 e. The number of ether oxygens (including phenoxy) is 1. The van der Waals surface area contributed by atoms with E-state index in [2.05, 4.69) is 19.9 Å². The second-order valence-electron chi connectivity index (χ2n) is 3.79. The summed E-state index contributed by atoms with van der Waals surface area (Å²) in [4.78, 5) is 15.9. The van der Waals surface area contributed by atoms with Crippen LogP contribution < -0.4 is 4.90 Å². The van der Waals surface area contributed by atoms with E-state index in [1.807, 2.05) is 30.5 Å². The van der Waals surface area contributed by atoms with Crippen molar-refractivity contribution in [1.29, 1.82) is 0 Å². The molecule has 0 unspecified atom stereocenters. The molecule has 0 amide bonds. The van der Waals surface area contributed by atoms with Crippen molar-refractivity contribution in [2.75, 3.05) is 25.6 Å². The number of hydrogen-bond acceptors (Lipinski definition) is 5. The number of carbonyl (C=O) groups is 1. The molecule has 0 bridgehead atoms. The van der Waals surface area contributed by atoms with Gasteiger partial charge in [-0.1, -0.05) is 0 Å². The Morgan fingerprint density at radius 2 is 2.22 bits per heavy atom. The highest BCUT2D eigenvalue weighted by atomic mass is 16.5. The van der Waals surface area contributed by atoms with E-state index in [4.69, 9.17) is 0 Å². The van der Waals surface area contributed by atoms with E-state index in [9.17, 15) is 4.79 Å². The number of anilines is 1. The van der Waals surface area contributed by atoms with E-state index < -0.39 is 0 Å². The maximum atomic E-state index is 11.1. The van der Waals surface area contributed by atoms with Crippen LogP contribution in [0.3, 0.4) is 0 Å². The van der Waals surface area contributed by atoms with Gasteiger partial charge in [0.25, 0.3) is 0 Å². The van der Waals surface area contributed by atoms with Gasteiger partial charge in [-0.05, 0) is 24.3 Å². The Balaban J connectivity index is 2.10. The first-order valence-corrected chi connectivity index (χ1v) is 5.46. The maximum absolute atomic E-state index is 11.1. The van der Waals surface area contributed by atoms with Crippen LogP contribution in [-0.4, -0.2) is 41.9 Å². The summed E-state index contributed by atoms with van der Waals surface area (Å²) in [7, 11) is 3.12. The van der Waals surface area contributed by atoms with Crippen molar-refractivity contribution < 1.29 is 9.53 Å². The van der Waals surface area contributed by atoms with Gasteiger partial charge in [0.2, 0.25) is 0 Å². The molecule has 0 radical (unpaired) electrons. The van der Waals surface area contributed by atoms with Gasteiger partial charge in [0.1, 0.15) is 12.2 Å². The van der Waals surface area contributed by atoms with Gasteiger partial charge in [0.05, 0.1) is 12.8 Å². The molecular weight excluding hydrogens is 232 g/mol. The molecule has 0 aromatic carbocycles. The van der Waals surface area contributed by atoms with Crippen LogP contribution >= 0.6 is 0 Å². The summed E-state index contributed by atoms with van der Waals surface area (Å²) in [6.07, 6.45) is 1.83. The lowest BCUT2D eigenvalue weighted by atomic mass is 10.3. The third-order valence-corrected chi connectivity index (χ3v) is 2.51. The van der Waals surface area contributed by atoms with Crippen LogP contribution in [0, 0.1) is 0 Å². The highest BCUT2D eigenvalue weighted by molar-refractivity contribution is 5.75. The van der Waals surface area contributed by atoms with Crippen LogP contribution in [0.1, 0.15) is 0 Å². The summed E-state index contributed by atoms with van der Waals surface area (Å²) >= 11 is 0. The molecular formula is C12H14N4O2. The quantitative estimate of drug-likeness (QED) is 0.817. The van der Waals surface area contributed by atoms with Gasteiger partial charge < -0.3 is 14.6 Å². The average molecular weight is 246 g/mol. The number of carbonyl (C=O) groups excluding carboxylic acids is 1. The molecule has 0 aliphatic heterocycles. The van der Waals surface area contributed by atoms with Crippen molar-refractivity contribution in [2.24, 2.45) is 0 Å². The molecule has 0 aliphatic rings. The fourth-order valence-corrected chi connectivity index (χ4v) is 1.50. The van der Waals surface area contributed by atoms with Crippen molar-refractivity contribution >= 4 is 11.8 Å². The van der Waals surface area contributed by atoms with E-state index in [-0.39, 0.29) is 12.5 Å². The van der Waals surface area contributed by atoms with E-state index in [0.717, 1.165) is 11.4 Å². The number of likely N-dealkylation sites (N-methyl/N-ethyl adjacent to an activating group) is 1. The molecule has 0 saturated carbocycles. The summed E-state index contributed by atoms with van der Waals surface area (Å²) < 4.78 is 4.59. The van der Waals surface area contributed by atoms with Gasteiger partial charge in [0.15, 0.2) is 5.82 Å². The average Bonchev–Trinajstić information content (AvgIpc) is 2.92. The Kier molecular flexibility index (Phi) is 3.57. The number of hydrogen-bond donors (Lipinski definition) is 1. The molecule has 0 spiro atoms. The number of nitrogens with zero attached hydrogens (tertiary/aromatic N) is 3. The third-order valence-electron chi connectivity index (χ3n) is 2.51. The Hall–Kier alpha value is -2.37. The maximum Gasteiger partial charge on any atom is 0.325 e. The van der Waals surface area contributed by atoms with Crippen LogP contribution in [0.25, 0.3) is 11.4 Å². The SMILES string of the molecule is COC(=O)CN(C)c1ccc(-c2ccc[nH]2)nn1. The fraction of sp³-hybridized carbons (Fsp3) is 0.250. The minimum atomic E-state index is -0.312. The van der Waals surface area contributed by atoms with E-state index >= 15 is 0 Å². The molecule has 2 aromatic rings. The number of nitrogens with one attached hydrogen (secondary N) is 1. The number of aromatic amines is 1. The van der Waals surface area contributed by atoms with E-state index in [1.54, 1.807) is 11.9 Å². The van der Waals surface area contributed by atoms with Crippen LogP contribution in [0.4, 0.5) is 5.82 Å². The highest BCUT2D eigenvalue weighted by Gasteiger charge is 2.09. The Bertz CT molecular complexity index is 507. The zero-order valence-electron chi connectivity index (χ0n) is 10.3. The topological polar surface area (TPSA) is 71.1 Å². The molecule has 0 fully saturated rings. The number of aromatic nitrogens is 3. The molecule has 6 nitrogen and oxygen atoms in total. The number of esters is 1. The Morgan fingerprint density at radius 1 is 1.39 bits per heavy atom. The van der Waals surface area contributed by atoms with Crippen molar-refractivity contribution in [3.8, 4) is 11.4 Å². The molecule has 2 rings (SSSR count). The molecule has 0 saturated heterocycles. The molecule has 0 atom stereocenters. The predicted octanol–water partition coefficient (Wildman–Crippen LogP) is 1.08. The van der Waals surface area contributed by atoms with Crippen LogP contribution in [0.5, 0.6) is 0 Å². The molecule has 1 N–H and O–H groups in total. The van der Waals surface area contributed by atoms with Gasteiger partial charge in [-0.15, -0.1) is 10.2 Å². The summed E-state index contributed by atoms with van der Waals surface area (Å²) in [6, 6.07) is 7.48. The zero-order chi connectivity index (χ0) is 13.0. The van der Waals surface area contributed by atoms with Gasteiger partial charge in [-0.25, -0.2) is 0 Å². The summed E-state index contributed by atoms with van der Waals surface area (Å²) in [5, 5.41) is 8.17. The van der Waals surface area contributed by atoms with Crippen molar-refractivity contribution in [3.05, 3.63) is 30.5 Å². The molecule has 2 heterocycles. The number of methoxy groups -OCH3 is 1. The van der Waals surface area contributed by atoms with Crippen molar-refractivity contribution in [2.45, 2.75) is 0 Å². The molecule has 6 heteroatoms. The van der Waals surface area contributed by atoms with Crippen LogP contribution in [0.2, 0.25) is 0 Å². The lowest BCUT2D eigenvalue weighted by molar-refractivity contribution is -0.138. The highest BCUT2D eigenvalue weighted by Crippen LogP contribution is 2.15. The van der Waals surface area contributed by atoms with E-state index in [1.165, 1.54) is 7.11 Å². The van der Waals surface area contributed by atoms with Crippen LogP contribution in [-0.2, 0) is 9.53 Å². The Morgan fingerprint density at radius 3 is 2.78 bits per heavy atom. The second kappa shape index (κ2) is 5.31. The normalized spacial score (nSPS) is 10.1. The summed E-state index contributed by atoms with van der Waals surface area (Å²) in [6.45, 7) is 0.146. The first-order valence-electron chi connectivity index (χ1n) is 5.46. The first kappa shape index (κ1) is 12.1. The standard InChI is InChI=1S/C12H14N4O2/c1-16(8-12(17)18-2)11-6-5-10(14-15-11)9-4-3-7-13-9/h3-7,13H,8H2,1-2H3. The number of H-pyrrole nitrogens is 1. The molecule has 0 aliphatic carbocycles. The lowest BCUT2D eigenvalue weighted by Crippen LogP contribution is -2.27. The van der Waals surface area contributed by atoms with Gasteiger partial charge in [-0.3, -0.25) is 4.79 Å². The van der Waals surface area contributed by atoms with Gasteiger partial charge >= 0.3 is 5.97 Å². The second-order valence-corrected chi connectivity index (χ2v) is 3.79. The number of rotatable bonds is 4. The van der Waals surface area contributed by atoms with Crippen molar-refractivity contribution in [3.63, 3.8) is 0 Å². The van der Waals surface area contributed by atoms with Crippen LogP contribution in [0.15, 0.2) is 30.5 Å².